The smallest absolute Gasteiger partial charge is 0.335 e. The van der Waals surface area contributed by atoms with Gasteiger partial charge in [-0.15, -0.1) is 0 Å². The maximum atomic E-state index is 11.0. The van der Waals surface area contributed by atoms with Crippen LogP contribution in [0.15, 0.2) is 22.7 Å². The number of carboxylic acids is 1. The monoisotopic (exact) mass is 297 g/mol. The standard InChI is InChI=1S/C13H16BrNO2/c1-15(11-4-2-3-5-11)12-7-9(13(16)17)6-10(14)8-12/h6-8,11H,2-5H2,1H3,(H,16,17). The number of benzene rings is 1. The minimum absolute atomic E-state index is 0.333. The van der Waals surface area contributed by atoms with Crippen LogP contribution in [0.3, 0.4) is 0 Å². The third-order valence-corrected chi connectivity index (χ3v) is 3.87. The number of halogens is 1. The van der Waals surface area contributed by atoms with Crippen LogP contribution in [0.25, 0.3) is 0 Å². The highest BCUT2D eigenvalue weighted by Gasteiger charge is 2.20. The van der Waals surface area contributed by atoms with Gasteiger partial charge in [-0.25, -0.2) is 4.79 Å². The van der Waals surface area contributed by atoms with Gasteiger partial charge in [0.1, 0.15) is 0 Å². The Kier molecular flexibility index (Phi) is 3.72. The Morgan fingerprint density at radius 3 is 2.59 bits per heavy atom. The van der Waals surface area contributed by atoms with E-state index in [1.165, 1.54) is 25.7 Å². The van der Waals surface area contributed by atoms with Crippen LogP contribution in [0.1, 0.15) is 36.0 Å². The predicted octanol–water partition coefficient (Wildman–Crippen LogP) is 3.53. The minimum Gasteiger partial charge on any atom is -0.478 e. The summed E-state index contributed by atoms with van der Waals surface area (Å²) in [6.45, 7) is 0. The molecule has 17 heavy (non-hydrogen) atoms. The molecule has 0 spiro atoms. The molecule has 0 amide bonds. The molecule has 0 aromatic heterocycles. The normalized spacial score (nSPS) is 16.1. The fourth-order valence-electron chi connectivity index (χ4n) is 2.40. The molecular formula is C13H16BrNO2. The van der Waals surface area contributed by atoms with Gasteiger partial charge in [0.25, 0.3) is 0 Å². The largest absolute Gasteiger partial charge is 0.478 e. The third kappa shape index (κ3) is 2.80. The second-order valence-electron chi connectivity index (χ2n) is 4.55. The summed E-state index contributed by atoms with van der Waals surface area (Å²) in [5.74, 6) is -0.882. The molecule has 1 aliphatic carbocycles. The molecule has 0 unspecified atom stereocenters. The Labute approximate surface area is 110 Å². The second kappa shape index (κ2) is 5.08. The molecule has 0 aliphatic heterocycles. The zero-order valence-corrected chi connectivity index (χ0v) is 11.4. The van der Waals surface area contributed by atoms with Crippen molar-refractivity contribution in [3.05, 3.63) is 28.2 Å². The molecule has 0 saturated heterocycles. The average molecular weight is 298 g/mol. The van der Waals surface area contributed by atoms with Crippen molar-refractivity contribution in [3.63, 3.8) is 0 Å². The summed E-state index contributed by atoms with van der Waals surface area (Å²) in [5.41, 5.74) is 1.31. The van der Waals surface area contributed by atoms with Crippen LogP contribution in [0, 0.1) is 0 Å². The Hall–Kier alpha value is -1.03. The summed E-state index contributed by atoms with van der Waals surface area (Å²) < 4.78 is 0.817. The minimum atomic E-state index is -0.882. The average Bonchev–Trinajstić information content (AvgIpc) is 2.80. The number of nitrogens with zero attached hydrogens (tertiary/aromatic N) is 1. The van der Waals surface area contributed by atoms with Gasteiger partial charge in [0.15, 0.2) is 0 Å². The number of carbonyl (C=O) groups is 1. The quantitative estimate of drug-likeness (QED) is 0.928. The van der Waals surface area contributed by atoms with Gasteiger partial charge in [-0.2, -0.15) is 0 Å². The molecule has 0 bridgehead atoms. The summed E-state index contributed by atoms with van der Waals surface area (Å²) in [6, 6.07) is 5.90. The first-order valence-electron chi connectivity index (χ1n) is 5.84. The molecule has 1 N–H and O–H groups in total. The maximum absolute atomic E-state index is 11.0. The first kappa shape index (κ1) is 12.4. The van der Waals surface area contributed by atoms with E-state index in [0.29, 0.717) is 11.6 Å². The van der Waals surface area contributed by atoms with Crippen LogP contribution in [-0.2, 0) is 0 Å². The van der Waals surface area contributed by atoms with Crippen molar-refractivity contribution in [1.82, 2.24) is 0 Å². The van der Waals surface area contributed by atoms with Gasteiger partial charge >= 0.3 is 5.97 Å². The number of hydrogen-bond donors (Lipinski definition) is 1. The lowest BCUT2D eigenvalue weighted by Crippen LogP contribution is -2.28. The van der Waals surface area contributed by atoms with E-state index in [9.17, 15) is 4.79 Å². The van der Waals surface area contributed by atoms with E-state index in [2.05, 4.69) is 20.8 Å². The lowest BCUT2D eigenvalue weighted by atomic mass is 10.1. The molecule has 1 aromatic carbocycles. The van der Waals surface area contributed by atoms with E-state index in [1.807, 2.05) is 13.1 Å². The number of anilines is 1. The number of carboxylic acid groups (broad SMARTS) is 1. The molecule has 1 fully saturated rings. The molecule has 1 aliphatic rings. The van der Waals surface area contributed by atoms with Crippen LogP contribution < -0.4 is 4.90 Å². The van der Waals surface area contributed by atoms with Crippen LogP contribution in [-0.4, -0.2) is 24.2 Å². The molecule has 0 atom stereocenters. The first-order chi connectivity index (χ1) is 8.08. The number of hydrogen-bond acceptors (Lipinski definition) is 2. The van der Waals surface area contributed by atoms with Crippen molar-refractivity contribution in [2.45, 2.75) is 31.7 Å². The summed E-state index contributed by atoms with van der Waals surface area (Å²) in [7, 11) is 2.05. The molecule has 1 aromatic rings. The molecule has 0 heterocycles. The van der Waals surface area contributed by atoms with Gasteiger partial charge in [-0.1, -0.05) is 28.8 Å². The Morgan fingerprint density at radius 2 is 2.00 bits per heavy atom. The van der Waals surface area contributed by atoms with E-state index < -0.39 is 5.97 Å². The van der Waals surface area contributed by atoms with Gasteiger partial charge in [0.2, 0.25) is 0 Å². The third-order valence-electron chi connectivity index (χ3n) is 3.41. The zero-order valence-electron chi connectivity index (χ0n) is 9.82. The van der Waals surface area contributed by atoms with E-state index >= 15 is 0 Å². The van der Waals surface area contributed by atoms with E-state index in [0.717, 1.165) is 10.2 Å². The van der Waals surface area contributed by atoms with Crippen molar-refractivity contribution in [3.8, 4) is 0 Å². The Balaban J connectivity index is 2.27. The highest BCUT2D eigenvalue weighted by Crippen LogP contribution is 2.29. The van der Waals surface area contributed by atoms with Crippen LogP contribution in [0.2, 0.25) is 0 Å². The van der Waals surface area contributed by atoms with Crippen LogP contribution >= 0.6 is 15.9 Å². The van der Waals surface area contributed by atoms with Gasteiger partial charge < -0.3 is 10.0 Å². The van der Waals surface area contributed by atoms with Crippen LogP contribution in [0.4, 0.5) is 5.69 Å². The van der Waals surface area contributed by atoms with Gasteiger partial charge in [-0.3, -0.25) is 0 Å². The molecule has 1 saturated carbocycles. The fourth-order valence-corrected chi connectivity index (χ4v) is 2.88. The summed E-state index contributed by atoms with van der Waals surface area (Å²) >= 11 is 3.37. The maximum Gasteiger partial charge on any atom is 0.335 e. The van der Waals surface area contributed by atoms with Crippen molar-refractivity contribution < 1.29 is 9.90 Å². The zero-order chi connectivity index (χ0) is 12.4. The molecule has 3 nitrogen and oxygen atoms in total. The Bertz CT molecular complexity index is 427. The topological polar surface area (TPSA) is 40.5 Å². The van der Waals surface area contributed by atoms with Crippen molar-refractivity contribution in [2.24, 2.45) is 0 Å². The van der Waals surface area contributed by atoms with Gasteiger partial charge in [0.05, 0.1) is 5.56 Å². The number of aromatic carboxylic acids is 1. The summed E-state index contributed by atoms with van der Waals surface area (Å²) in [4.78, 5) is 13.2. The highest BCUT2D eigenvalue weighted by atomic mass is 79.9. The van der Waals surface area contributed by atoms with Crippen LogP contribution in [0.5, 0.6) is 0 Å². The Morgan fingerprint density at radius 1 is 1.35 bits per heavy atom. The second-order valence-corrected chi connectivity index (χ2v) is 5.47. The SMILES string of the molecule is CN(c1cc(Br)cc(C(=O)O)c1)C1CCCC1. The summed E-state index contributed by atoms with van der Waals surface area (Å²) in [5, 5.41) is 9.04. The lowest BCUT2D eigenvalue weighted by Gasteiger charge is -2.27. The van der Waals surface area contributed by atoms with Crippen molar-refractivity contribution in [1.29, 1.82) is 0 Å². The molecule has 2 rings (SSSR count). The molecular weight excluding hydrogens is 282 g/mol. The van der Waals surface area contributed by atoms with E-state index in [4.69, 9.17) is 5.11 Å². The van der Waals surface area contributed by atoms with Gasteiger partial charge in [0, 0.05) is 23.2 Å². The lowest BCUT2D eigenvalue weighted by molar-refractivity contribution is 0.0697. The molecule has 92 valence electrons. The number of rotatable bonds is 3. The highest BCUT2D eigenvalue weighted by molar-refractivity contribution is 9.10. The van der Waals surface area contributed by atoms with E-state index in [-0.39, 0.29) is 0 Å². The fraction of sp³-hybridized carbons (Fsp3) is 0.462. The predicted molar refractivity (Wildman–Crippen MR) is 71.8 cm³/mol. The molecule has 4 heteroatoms. The van der Waals surface area contributed by atoms with Crippen molar-refractivity contribution >= 4 is 27.6 Å². The van der Waals surface area contributed by atoms with Gasteiger partial charge in [-0.05, 0) is 31.0 Å². The summed E-state index contributed by atoms with van der Waals surface area (Å²) in [6.07, 6.45) is 4.94. The molecule has 0 radical (unpaired) electrons. The van der Waals surface area contributed by atoms with Crippen molar-refractivity contribution in [2.75, 3.05) is 11.9 Å². The van der Waals surface area contributed by atoms with E-state index in [1.54, 1.807) is 12.1 Å². The first-order valence-corrected chi connectivity index (χ1v) is 6.64.